The summed E-state index contributed by atoms with van der Waals surface area (Å²) in [6.07, 6.45) is 0. The molecule has 2 rings (SSSR count). The van der Waals surface area contributed by atoms with Gasteiger partial charge in [0, 0.05) is 43.9 Å². The van der Waals surface area contributed by atoms with Crippen molar-refractivity contribution < 1.29 is 13.2 Å². The molecule has 0 aromatic heterocycles. The Kier molecular flexibility index (Phi) is 5.85. The number of methoxy groups -OCH3 is 1. The van der Waals surface area contributed by atoms with Crippen LogP contribution in [0.5, 0.6) is 0 Å². The van der Waals surface area contributed by atoms with Gasteiger partial charge in [-0.3, -0.25) is 4.90 Å². The van der Waals surface area contributed by atoms with Crippen molar-refractivity contribution in [1.29, 1.82) is 0 Å². The minimum atomic E-state index is -3.47. The van der Waals surface area contributed by atoms with Gasteiger partial charge in [0.05, 0.1) is 11.5 Å². The molecule has 1 aromatic rings. The smallest absolute Gasteiger partial charge is 0.243 e. The molecule has 7 heteroatoms. The Balaban J connectivity index is 2.15. The van der Waals surface area contributed by atoms with Gasteiger partial charge in [-0.15, -0.1) is 0 Å². The Morgan fingerprint density at radius 2 is 1.73 bits per heavy atom. The van der Waals surface area contributed by atoms with E-state index in [2.05, 4.69) is 18.7 Å². The van der Waals surface area contributed by atoms with Crippen molar-refractivity contribution in [3.05, 3.63) is 29.3 Å². The van der Waals surface area contributed by atoms with Crippen LogP contribution in [0.2, 0.25) is 5.02 Å². The maximum atomic E-state index is 12.7. The topological polar surface area (TPSA) is 49.9 Å². The molecule has 5 nitrogen and oxygen atoms in total. The minimum Gasteiger partial charge on any atom is -0.383 e. The number of ether oxygens (including phenoxy) is 1. The zero-order valence-corrected chi connectivity index (χ0v) is 14.8. The number of halogens is 1. The van der Waals surface area contributed by atoms with Crippen LogP contribution in [-0.2, 0) is 14.8 Å². The van der Waals surface area contributed by atoms with Crippen LogP contribution in [0.3, 0.4) is 0 Å². The summed E-state index contributed by atoms with van der Waals surface area (Å²) in [6.45, 7) is 6.54. The molecule has 1 saturated heterocycles. The van der Waals surface area contributed by atoms with Gasteiger partial charge in [0.25, 0.3) is 0 Å². The average Bonchev–Trinajstić information content (AvgIpc) is 2.46. The fourth-order valence-corrected chi connectivity index (χ4v) is 4.63. The molecule has 124 valence electrons. The first kappa shape index (κ1) is 17.7. The molecule has 0 N–H and O–H groups in total. The Morgan fingerprint density at radius 1 is 1.18 bits per heavy atom. The number of hydrogen-bond acceptors (Lipinski definition) is 4. The third kappa shape index (κ3) is 3.81. The lowest BCUT2D eigenvalue weighted by atomic mass is 10.1. The second-order valence-corrected chi connectivity index (χ2v) is 8.08. The first-order chi connectivity index (χ1) is 10.4. The molecule has 0 bridgehead atoms. The van der Waals surface area contributed by atoms with Crippen LogP contribution in [0.1, 0.15) is 13.8 Å². The molecule has 0 radical (unpaired) electrons. The summed E-state index contributed by atoms with van der Waals surface area (Å²) in [5.41, 5.74) is 0. The lowest BCUT2D eigenvalue weighted by molar-refractivity contribution is 0.0496. The molecule has 1 aromatic carbocycles. The second-order valence-electron chi connectivity index (χ2n) is 5.70. The summed E-state index contributed by atoms with van der Waals surface area (Å²) in [7, 11) is -1.79. The molecule has 22 heavy (non-hydrogen) atoms. The summed E-state index contributed by atoms with van der Waals surface area (Å²) >= 11 is 5.83. The number of sulfonamides is 1. The number of rotatable bonds is 5. The van der Waals surface area contributed by atoms with Crippen molar-refractivity contribution in [3.63, 3.8) is 0 Å². The van der Waals surface area contributed by atoms with Gasteiger partial charge in [0.2, 0.25) is 10.0 Å². The second kappa shape index (κ2) is 7.27. The minimum absolute atomic E-state index is 0.154. The fourth-order valence-electron chi connectivity index (χ4n) is 2.90. The maximum absolute atomic E-state index is 12.7. The largest absolute Gasteiger partial charge is 0.383 e. The standard InChI is InChI=1S/C15H23ClN2O3S/c1-12-10-17(11-13(2)18(12)8-9-21-3)22(19,20)15-6-4-14(16)5-7-15/h4-7,12-13H,8-11H2,1-3H3. The lowest BCUT2D eigenvalue weighted by Gasteiger charge is -2.43. The molecule has 0 spiro atoms. The first-order valence-electron chi connectivity index (χ1n) is 7.36. The molecule has 1 aliphatic heterocycles. The van der Waals surface area contributed by atoms with E-state index in [1.807, 2.05) is 0 Å². The van der Waals surface area contributed by atoms with Crippen molar-refractivity contribution in [3.8, 4) is 0 Å². The van der Waals surface area contributed by atoms with Crippen LogP contribution < -0.4 is 0 Å². The average molecular weight is 347 g/mol. The Hall–Kier alpha value is -0.660. The predicted molar refractivity (Wildman–Crippen MR) is 87.7 cm³/mol. The first-order valence-corrected chi connectivity index (χ1v) is 9.18. The summed E-state index contributed by atoms with van der Waals surface area (Å²) < 4.78 is 32.2. The van der Waals surface area contributed by atoms with E-state index in [0.717, 1.165) is 6.54 Å². The molecule has 0 amide bonds. The third-order valence-electron chi connectivity index (χ3n) is 4.07. The van der Waals surface area contributed by atoms with E-state index in [1.165, 1.54) is 0 Å². The molecule has 2 unspecified atom stereocenters. The van der Waals surface area contributed by atoms with Crippen LogP contribution in [0.4, 0.5) is 0 Å². The Labute approximate surface area is 137 Å². The highest BCUT2D eigenvalue weighted by atomic mass is 35.5. The fraction of sp³-hybridized carbons (Fsp3) is 0.600. The molecule has 1 fully saturated rings. The maximum Gasteiger partial charge on any atom is 0.243 e. The molecule has 2 atom stereocenters. The molecule has 1 aliphatic rings. The van der Waals surface area contributed by atoms with Gasteiger partial charge in [-0.1, -0.05) is 11.6 Å². The van der Waals surface area contributed by atoms with Crippen molar-refractivity contribution in [2.45, 2.75) is 30.8 Å². The Morgan fingerprint density at radius 3 is 2.23 bits per heavy atom. The lowest BCUT2D eigenvalue weighted by Crippen LogP contribution is -2.58. The molecule has 0 saturated carbocycles. The van der Waals surface area contributed by atoms with E-state index >= 15 is 0 Å². The molecular weight excluding hydrogens is 324 g/mol. The van der Waals surface area contributed by atoms with Gasteiger partial charge < -0.3 is 4.74 Å². The van der Waals surface area contributed by atoms with E-state index in [-0.39, 0.29) is 12.1 Å². The number of nitrogens with zero attached hydrogens (tertiary/aromatic N) is 2. The van der Waals surface area contributed by atoms with Crippen LogP contribution in [0.15, 0.2) is 29.2 Å². The number of benzene rings is 1. The highest BCUT2D eigenvalue weighted by molar-refractivity contribution is 7.89. The highest BCUT2D eigenvalue weighted by Crippen LogP contribution is 2.24. The molecule has 0 aliphatic carbocycles. The number of piperazine rings is 1. The number of hydrogen-bond donors (Lipinski definition) is 0. The van der Waals surface area contributed by atoms with Crippen LogP contribution in [-0.4, -0.2) is 63.1 Å². The summed E-state index contributed by atoms with van der Waals surface area (Å²) in [4.78, 5) is 2.58. The van der Waals surface area contributed by atoms with Gasteiger partial charge >= 0.3 is 0 Å². The monoisotopic (exact) mass is 346 g/mol. The van der Waals surface area contributed by atoms with E-state index < -0.39 is 10.0 Å². The van der Waals surface area contributed by atoms with Gasteiger partial charge in [-0.05, 0) is 38.1 Å². The van der Waals surface area contributed by atoms with Crippen molar-refractivity contribution in [2.24, 2.45) is 0 Å². The van der Waals surface area contributed by atoms with Gasteiger partial charge in [-0.2, -0.15) is 4.31 Å². The van der Waals surface area contributed by atoms with Crippen LogP contribution in [0.25, 0.3) is 0 Å². The van der Waals surface area contributed by atoms with Crippen molar-refractivity contribution in [2.75, 3.05) is 33.4 Å². The van der Waals surface area contributed by atoms with Crippen molar-refractivity contribution in [1.82, 2.24) is 9.21 Å². The van der Waals surface area contributed by atoms with Gasteiger partial charge in [0.1, 0.15) is 0 Å². The highest BCUT2D eigenvalue weighted by Gasteiger charge is 2.35. The third-order valence-corrected chi connectivity index (χ3v) is 6.17. The zero-order chi connectivity index (χ0) is 16.3. The van der Waals surface area contributed by atoms with Crippen LogP contribution >= 0.6 is 11.6 Å². The molecular formula is C15H23ClN2O3S. The SMILES string of the molecule is COCCN1C(C)CN(S(=O)(=O)c2ccc(Cl)cc2)CC1C. The van der Waals surface area contributed by atoms with Gasteiger partial charge in [0.15, 0.2) is 0 Å². The molecule has 1 heterocycles. The quantitative estimate of drug-likeness (QED) is 0.819. The summed E-state index contributed by atoms with van der Waals surface area (Å²) in [6, 6.07) is 6.64. The Bertz CT molecular complexity index is 579. The zero-order valence-electron chi connectivity index (χ0n) is 13.2. The normalized spacial score (nSPS) is 24.5. The van der Waals surface area contributed by atoms with E-state index in [4.69, 9.17) is 16.3 Å². The van der Waals surface area contributed by atoms with Gasteiger partial charge in [-0.25, -0.2) is 8.42 Å². The van der Waals surface area contributed by atoms with Crippen LogP contribution in [0, 0.1) is 0 Å². The predicted octanol–water partition coefficient (Wildman–Crippen LogP) is 2.07. The summed E-state index contributed by atoms with van der Waals surface area (Å²) in [5.74, 6) is 0. The van der Waals surface area contributed by atoms with E-state index in [1.54, 1.807) is 35.7 Å². The summed E-state index contributed by atoms with van der Waals surface area (Å²) in [5, 5.41) is 0.532. The van der Waals surface area contributed by atoms with Crippen molar-refractivity contribution >= 4 is 21.6 Å². The van der Waals surface area contributed by atoms with E-state index in [9.17, 15) is 8.42 Å². The van der Waals surface area contributed by atoms with E-state index in [0.29, 0.717) is 29.6 Å².